The van der Waals surface area contributed by atoms with Gasteiger partial charge in [-0.2, -0.15) is 0 Å². The van der Waals surface area contributed by atoms with Gasteiger partial charge in [0.15, 0.2) is 5.85 Å². The summed E-state index contributed by atoms with van der Waals surface area (Å²) in [7, 11) is -3.77. The molecular formula is C12H18ClO5P. The number of halogens is 1. The number of benzene rings is 1. The summed E-state index contributed by atoms with van der Waals surface area (Å²) in [6, 6.07) is 6.22. The molecule has 1 rings (SSSR count). The fourth-order valence-electron chi connectivity index (χ4n) is 1.55. The van der Waals surface area contributed by atoms with Gasteiger partial charge in [0.2, 0.25) is 0 Å². The van der Waals surface area contributed by atoms with E-state index in [9.17, 15) is 14.8 Å². The van der Waals surface area contributed by atoms with Crippen molar-refractivity contribution in [2.75, 3.05) is 13.2 Å². The van der Waals surface area contributed by atoms with Crippen LogP contribution in [0, 0.1) is 0 Å². The molecule has 0 bridgehead atoms. The lowest BCUT2D eigenvalue weighted by Crippen LogP contribution is -2.21. The lowest BCUT2D eigenvalue weighted by molar-refractivity contribution is 0.0401. The van der Waals surface area contributed by atoms with Gasteiger partial charge >= 0.3 is 7.60 Å². The predicted molar refractivity (Wildman–Crippen MR) is 73.3 cm³/mol. The number of hydrogen-bond donors (Lipinski definition) is 2. The summed E-state index contributed by atoms with van der Waals surface area (Å²) in [6.07, 6.45) is -1.37. The number of aliphatic hydroxyl groups excluding tert-OH is 2. The van der Waals surface area contributed by atoms with E-state index in [1.807, 2.05) is 0 Å². The summed E-state index contributed by atoms with van der Waals surface area (Å²) in [4.78, 5) is 0. The highest BCUT2D eigenvalue weighted by molar-refractivity contribution is 7.54. The van der Waals surface area contributed by atoms with Gasteiger partial charge in [0.25, 0.3) is 0 Å². The van der Waals surface area contributed by atoms with Crippen LogP contribution in [0.4, 0.5) is 0 Å². The molecule has 7 heteroatoms. The Kier molecular flexibility index (Phi) is 6.47. The van der Waals surface area contributed by atoms with Crippen LogP contribution in [0.3, 0.4) is 0 Å². The van der Waals surface area contributed by atoms with Crippen LogP contribution in [0.2, 0.25) is 5.02 Å². The second kappa shape index (κ2) is 7.39. The summed E-state index contributed by atoms with van der Waals surface area (Å²) < 4.78 is 22.3. The first-order valence-electron chi connectivity index (χ1n) is 5.95. The van der Waals surface area contributed by atoms with Gasteiger partial charge in [0.1, 0.15) is 6.10 Å². The van der Waals surface area contributed by atoms with Crippen LogP contribution in [0.5, 0.6) is 0 Å². The first kappa shape index (κ1) is 16.6. The van der Waals surface area contributed by atoms with Crippen LogP contribution in [-0.2, 0) is 13.6 Å². The molecule has 0 amide bonds. The topological polar surface area (TPSA) is 76.0 Å². The van der Waals surface area contributed by atoms with Gasteiger partial charge in [-0.3, -0.25) is 4.57 Å². The van der Waals surface area contributed by atoms with Gasteiger partial charge in [-0.05, 0) is 31.5 Å². The Morgan fingerprint density at radius 3 is 2.05 bits per heavy atom. The molecule has 19 heavy (non-hydrogen) atoms. The highest BCUT2D eigenvalue weighted by atomic mass is 35.5. The number of rotatable bonds is 7. The van der Waals surface area contributed by atoms with Crippen molar-refractivity contribution in [3.63, 3.8) is 0 Å². The van der Waals surface area contributed by atoms with Crippen molar-refractivity contribution in [3.05, 3.63) is 34.9 Å². The summed E-state index contributed by atoms with van der Waals surface area (Å²) in [5.41, 5.74) is 0.386. The Hall–Kier alpha value is -0.420. The van der Waals surface area contributed by atoms with Crippen LogP contribution < -0.4 is 0 Å². The molecular weight excluding hydrogens is 291 g/mol. The lowest BCUT2D eigenvalue weighted by atomic mass is 10.1. The van der Waals surface area contributed by atoms with E-state index >= 15 is 0 Å². The van der Waals surface area contributed by atoms with Gasteiger partial charge in [-0.15, -0.1) is 0 Å². The number of aliphatic hydroxyl groups is 2. The highest BCUT2D eigenvalue weighted by Crippen LogP contribution is 2.55. The van der Waals surface area contributed by atoms with Crippen molar-refractivity contribution in [1.29, 1.82) is 0 Å². The first-order chi connectivity index (χ1) is 8.94. The molecule has 0 spiro atoms. The van der Waals surface area contributed by atoms with Gasteiger partial charge in [-0.1, -0.05) is 23.7 Å². The average molecular weight is 309 g/mol. The maximum atomic E-state index is 12.3. The maximum Gasteiger partial charge on any atom is 0.361 e. The SMILES string of the molecule is CCOP(=O)(OCC)[C@H](O)[C@@H](O)c1ccc(Cl)cc1. The van der Waals surface area contributed by atoms with E-state index in [0.717, 1.165) is 0 Å². The largest absolute Gasteiger partial charge is 0.385 e. The molecule has 0 unspecified atom stereocenters. The molecule has 0 radical (unpaired) electrons. The Morgan fingerprint density at radius 1 is 1.16 bits per heavy atom. The third-order valence-electron chi connectivity index (χ3n) is 2.44. The van der Waals surface area contributed by atoms with Crippen LogP contribution in [0.1, 0.15) is 25.5 Å². The third-order valence-corrected chi connectivity index (χ3v) is 4.85. The molecule has 0 heterocycles. The quantitative estimate of drug-likeness (QED) is 0.757. The first-order valence-corrected chi connectivity index (χ1v) is 7.94. The zero-order valence-electron chi connectivity index (χ0n) is 10.8. The molecule has 0 aliphatic heterocycles. The Bertz CT molecular complexity index is 426. The molecule has 108 valence electrons. The minimum absolute atomic E-state index is 0.113. The van der Waals surface area contributed by atoms with Crippen LogP contribution in [0.15, 0.2) is 24.3 Å². The Labute approximate surface area is 117 Å². The van der Waals surface area contributed by atoms with Gasteiger partial charge in [0, 0.05) is 5.02 Å². The third kappa shape index (κ3) is 4.28. The van der Waals surface area contributed by atoms with Crippen LogP contribution in [-0.4, -0.2) is 29.3 Å². The normalized spacial score (nSPS) is 15.2. The second-order valence-corrected chi connectivity index (χ2v) is 6.35. The van der Waals surface area contributed by atoms with E-state index in [1.54, 1.807) is 38.1 Å². The molecule has 0 saturated heterocycles. The Morgan fingerprint density at radius 2 is 1.63 bits per heavy atom. The van der Waals surface area contributed by atoms with Crippen LogP contribution in [0.25, 0.3) is 0 Å². The minimum Gasteiger partial charge on any atom is -0.385 e. The standard InChI is InChI=1S/C12H18ClO5P/c1-3-17-19(16,18-4-2)12(15)11(14)9-5-7-10(13)8-6-9/h5-8,11-12,14-15H,3-4H2,1-2H3/t11-,12-/m0/s1. The number of hydrogen-bond acceptors (Lipinski definition) is 5. The molecule has 0 aromatic heterocycles. The Balaban J connectivity index is 2.92. The zero-order valence-corrected chi connectivity index (χ0v) is 12.5. The molecule has 0 saturated carbocycles. The molecule has 2 atom stereocenters. The smallest absolute Gasteiger partial charge is 0.361 e. The monoisotopic (exact) mass is 308 g/mol. The van der Waals surface area contributed by atoms with E-state index in [0.29, 0.717) is 10.6 Å². The predicted octanol–water partition coefficient (Wildman–Crippen LogP) is 2.96. The van der Waals surface area contributed by atoms with E-state index < -0.39 is 19.5 Å². The molecule has 5 nitrogen and oxygen atoms in total. The fourth-order valence-corrected chi connectivity index (χ4v) is 3.30. The van der Waals surface area contributed by atoms with Crippen molar-refractivity contribution in [3.8, 4) is 0 Å². The molecule has 1 aromatic rings. The maximum absolute atomic E-state index is 12.3. The van der Waals surface area contributed by atoms with Crippen molar-refractivity contribution < 1.29 is 23.8 Å². The van der Waals surface area contributed by atoms with Crippen molar-refractivity contribution in [2.45, 2.75) is 25.8 Å². The molecule has 0 aliphatic rings. The zero-order chi connectivity index (χ0) is 14.5. The van der Waals surface area contributed by atoms with E-state index in [-0.39, 0.29) is 13.2 Å². The van der Waals surface area contributed by atoms with Gasteiger partial charge < -0.3 is 19.3 Å². The van der Waals surface area contributed by atoms with E-state index in [2.05, 4.69) is 0 Å². The van der Waals surface area contributed by atoms with E-state index in [1.165, 1.54) is 0 Å². The summed E-state index contributed by atoms with van der Waals surface area (Å²) in [5, 5.41) is 20.6. The summed E-state index contributed by atoms with van der Waals surface area (Å²) in [6.45, 7) is 3.49. The second-order valence-electron chi connectivity index (χ2n) is 3.79. The molecule has 0 aliphatic carbocycles. The fraction of sp³-hybridized carbons (Fsp3) is 0.500. The van der Waals surface area contributed by atoms with Crippen LogP contribution >= 0.6 is 19.2 Å². The summed E-state index contributed by atoms with van der Waals surface area (Å²) >= 11 is 5.74. The lowest BCUT2D eigenvalue weighted by Gasteiger charge is -2.26. The molecule has 1 aromatic carbocycles. The van der Waals surface area contributed by atoms with Crippen molar-refractivity contribution in [1.82, 2.24) is 0 Å². The molecule has 2 N–H and O–H groups in total. The van der Waals surface area contributed by atoms with Crippen molar-refractivity contribution in [2.24, 2.45) is 0 Å². The minimum atomic E-state index is -3.77. The average Bonchev–Trinajstić information content (AvgIpc) is 2.38. The van der Waals surface area contributed by atoms with Gasteiger partial charge in [0.05, 0.1) is 13.2 Å². The summed E-state index contributed by atoms with van der Waals surface area (Å²) in [5.74, 6) is -1.64. The molecule has 0 fully saturated rings. The van der Waals surface area contributed by atoms with Crippen molar-refractivity contribution >= 4 is 19.2 Å². The highest BCUT2D eigenvalue weighted by Gasteiger charge is 2.39. The van der Waals surface area contributed by atoms with E-state index in [4.69, 9.17) is 20.6 Å². The van der Waals surface area contributed by atoms with Gasteiger partial charge in [-0.25, -0.2) is 0 Å².